The number of carbonyl (C=O) groups excluding carboxylic acids is 2. The summed E-state index contributed by atoms with van der Waals surface area (Å²) in [6.07, 6.45) is -0.414. The Morgan fingerprint density at radius 1 is 0.857 bits per heavy atom. The summed E-state index contributed by atoms with van der Waals surface area (Å²) < 4.78 is 21.6. The average molecular weight is 478 g/mol. The van der Waals surface area contributed by atoms with Gasteiger partial charge in [0.25, 0.3) is 5.91 Å². The second-order valence-corrected chi connectivity index (χ2v) is 8.00. The summed E-state index contributed by atoms with van der Waals surface area (Å²) >= 11 is 0. The first-order chi connectivity index (χ1) is 16.9. The normalized spacial score (nSPS) is 16.6. The van der Waals surface area contributed by atoms with Crippen molar-refractivity contribution in [3.05, 3.63) is 77.9 Å². The summed E-state index contributed by atoms with van der Waals surface area (Å²) in [5, 5.41) is 11.5. The molecule has 0 fully saturated rings. The highest BCUT2D eigenvalue weighted by Gasteiger charge is 2.50. The van der Waals surface area contributed by atoms with E-state index >= 15 is 0 Å². The van der Waals surface area contributed by atoms with Gasteiger partial charge in [0.15, 0.2) is 34.4 Å². The number of amides is 1. The monoisotopic (exact) mass is 477 g/mol. The first-order valence-corrected chi connectivity index (χ1v) is 11.1. The third-order valence-electron chi connectivity index (χ3n) is 6.00. The minimum atomic E-state index is -1.99. The van der Waals surface area contributed by atoms with Crippen molar-refractivity contribution in [2.24, 2.45) is 0 Å². The Kier molecular flexibility index (Phi) is 6.93. The zero-order valence-corrected chi connectivity index (χ0v) is 19.8. The lowest BCUT2D eigenvalue weighted by Crippen LogP contribution is -2.43. The lowest BCUT2D eigenvalue weighted by Gasteiger charge is -2.23. The summed E-state index contributed by atoms with van der Waals surface area (Å²) in [6.45, 7) is 0.348. The first kappa shape index (κ1) is 24.1. The maximum absolute atomic E-state index is 13.4. The maximum Gasteiger partial charge on any atom is 0.264 e. The third-order valence-corrected chi connectivity index (χ3v) is 6.00. The molecule has 8 nitrogen and oxygen atoms in total. The molecule has 0 aromatic heterocycles. The maximum atomic E-state index is 13.4. The number of para-hydroxylation sites is 3. The van der Waals surface area contributed by atoms with Gasteiger partial charge in [-0.1, -0.05) is 30.3 Å². The Bertz CT molecular complexity index is 1240. The predicted octanol–water partition coefficient (Wildman–Crippen LogP) is 3.60. The van der Waals surface area contributed by atoms with E-state index in [1.165, 1.54) is 25.2 Å². The first-order valence-electron chi connectivity index (χ1n) is 11.1. The number of carbonyl (C=O) groups is 2. The molecule has 1 heterocycles. The van der Waals surface area contributed by atoms with Gasteiger partial charge in [0.2, 0.25) is 0 Å². The van der Waals surface area contributed by atoms with Crippen molar-refractivity contribution in [1.82, 2.24) is 0 Å². The third kappa shape index (κ3) is 4.52. The van der Waals surface area contributed by atoms with Crippen LogP contribution in [-0.4, -0.2) is 51.3 Å². The second-order valence-electron chi connectivity index (χ2n) is 8.00. The number of ketones is 1. The standard InChI is InChI=1S/C27H27NO7/c1-32-22-10-6-7-11-24(22)35-15-14-28-20-9-5-4-8-19(20)27(31,26(28)30)17-21(29)18-12-13-23(33-2)25(16-18)34-3/h4-13,16,31H,14-15,17H2,1-3H3/t27-/m1/s1. The van der Waals surface area contributed by atoms with E-state index < -0.39 is 23.7 Å². The van der Waals surface area contributed by atoms with Gasteiger partial charge in [-0.25, -0.2) is 0 Å². The molecular formula is C27H27NO7. The molecule has 0 unspecified atom stereocenters. The SMILES string of the molecule is COc1ccc(C(=O)C[C@]2(O)C(=O)N(CCOc3ccccc3OC)c3ccccc32)cc1OC. The smallest absolute Gasteiger partial charge is 0.264 e. The number of rotatable bonds is 10. The number of benzene rings is 3. The van der Waals surface area contributed by atoms with Crippen LogP contribution in [0.25, 0.3) is 0 Å². The molecule has 1 aliphatic rings. The van der Waals surface area contributed by atoms with Crippen molar-refractivity contribution in [1.29, 1.82) is 0 Å². The summed E-state index contributed by atoms with van der Waals surface area (Å²) in [5.41, 5.74) is -0.759. The molecule has 0 bridgehead atoms. The molecule has 3 aromatic rings. The number of methoxy groups -OCH3 is 3. The Morgan fingerprint density at radius 3 is 2.20 bits per heavy atom. The highest BCUT2D eigenvalue weighted by molar-refractivity contribution is 6.10. The van der Waals surface area contributed by atoms with Crippen LogP contribution in [0.4, 0.5) is 5.69 Å². The van der Waals surface area contributed by atoms with Gasteiger partial charge in [-0.05, 0) is 36.4 Å². The lowest BCUT2D eigenvalue weighted by atomic mass is 9.88. The highest BCUT2D eigenvalue weighted by Crippen LogP contribution is 2.43. The number of nitrogens with zero attached hydrogens (tertiary/aromatic N) is 1. The summed E-state index contributed by atoms with van der Waals surface area (Å²) in [5.74, 6) is 1.02. The van der Waals surface area contributed by atoms with Crippen LogP contribution in [0.5, 0.6) is 23.0 Å². The van der Waals surface area contributed by atoms with Crippen LogP contribution in [0.2, 0.25) is 0 Å². The van der Waals surface area contributed by atoms with E-state index in [1.54, 1.807) is 55.6 Å². The van der Waals surface area contributed by atoms with Crippen molar-refractivity contribution in [2.45, 2.75) is 12.0 Å². The molecule has 0 saturated carbocycles. The largest absolute Gasteiger partial charge is 0.493 e. The molecule has 0 aliphatic carbocycles. The second kappa shape index (κ2) is 10.1. The molecule has 4 rings (SSSR count). The zero-order chi connectivity index (χ0) is 25.0. The average Bonchev–Trinajstić information content (AvgIpc) is 3.10. The number of ether oxygens (including phenoxy) is 4. The van der Waals surface area contributed by atoms with Crippen molar-refractivity contribution < 1.29 is 33.6 Å². The van der Waals surface area contributed by atoms with Crippen LogP contribution >= 0.6 is 0 Å². The van der Waals surface area contributed by atoms with Gasteiger partial charge in [-0.15, -0.1) is 0 Å². The Labute approximate surface area is 203 Å². The minimum Gasteiger partial charge on any atom is -0.493 e. The van der Waals surface area contributed by atoms with Crippen molar-refractivity contribution >= 4 is 17.4 Å². The number of hydrogen-bond donors (Lipinski definition) is 1. The Balaban J connectivity index is 1.54. The van der Waals surface area contributed by atoms with Crippen molar-refractivity contribution in [3.63, 3.8) is 0 Å². The Hall–Kier alpha value is -4.04. The summed E-state index contributed by atoms with van der Waals surface area (Å²) in [4.78, 5) is 28.0. The summed E-state index contributed by atoms with van der Waals surface area (Å²) in [7, 11) is 4.53. The van der Waals surface area contributed by atoms with E-state index in [2.05, 4.69) is 0 Å². The fourth-order valence-corrected chi connectivity index (χ4v) is 4.23. The van der Waals surface area contributed by atoms with Crippen LogP contribution in [0.3, 0.4) is 0 Å². The van der Waals surface area contributed by atoms with Gasteiger partial charge in [0, 0.05) is 11.1 Å². The zero-order valence-electron chi connectivity index (χ0n) is 19.8. The van der Waals surface area contributed by atoms with Gasteiger partial charge in [-0.2, -0.15) is 0 Å². The lowest BCUT2D eigenvalue weighted by molar-refractivity contribution is -0.135. The van der Waals surface area contributed by atoms with E-state index in [9.17, 15) is 14.7 Å². The number of hydrogen-bond acceptors (Lipinski definition) is 7. The molecule has 0 saturated heterocycles. The molecule has 8 heteroatoms. The molecule has 3 aromatic carbocycles. The molecule has 0 spiro atoms. The summed E-state index contributed by atoms with van der Waals surface area (Å²) in [6, 6.07) is 18.9. The van der Waals surface area contributed by atoms with Crippen LogP contribution in [0, 0.1) is 0 Å². The molecule has 35 heavy (non-hydrogen) atoms. The van der Waals surface area contributed by atoms with Gasteiger partial charge in [-0.3, -0.25) is 9.59 Å². The fourth-order valence-electron chi connectivity index (χ4n) is 4.23. The topological polar surface area (TPSA) is 94.5 Å². The van der Waals surface area contributed by atoms with Crippen LogP contribution in [-0.2, 0) is 10.4 Å². The van der Waals surface area contributed by atoms with Gasteiger partial charge in [0.1, 0.15) is 6.61 Å². The van der Waals surface area contributed by atoms with E-state index in [1.807, 2.05) is 12.1 Å². The van der Waals surface area contributed by atoms with Gasteiger partial charge >= 0.3 is 0 Å². The minimum absolute atomic E-state index is 0.167. The molecule has 182 valence electrons. The van der Waals surface area contributed by atoms with E-state index in [-0.39, 0.29) is 13.2 Å². The molecular weight excluding hydrogens is 450 g/mol. The van der Waals surface area contributed by atoms with Crippen LogP contribution in [0.1, 0.15) is 22.3 Å². The van der Waals surface area contributed by atoms with Crippen molar-refractivity contribution in [3.8, 4) is 23.0 Å². The number of Topliss-reactive ketones (excluding diaryl/α,β-unsaturated/α-hetero) is 1. The van der Waals surface area contributed by atoms with E-state index in [0.717, 1.165) is 0 Å². The van der Waals surface area contributed by atoms with Crippen molar-refractivity contribution in [2.75, 3.05) is 39.4 Å². The van der Waals surface area contributed by atoms with Crippen LogP contribution < -0.4 is 23.8 Å². The number of fused-ring (bicyclic) bond motifs is 1. The van der Waals surface area contributed by atoms with Gasteiger partial charge < -0.3 is 29.0 Å². The number of anilines is 1. The molecule has 1 aliphatic heterocycles. The predicted molar refractivity (Wildman–Crippen MR) is 130 cm³/mol. The molecule has 0 radical (unpaired) electrons. The Morgan fingerprint density at radius 2 is 1.49 bits per heavy atom. The van der Waals surface area contributed by atoms with E-state index in [0.29, 0.717) is 39.8 Å². The molecule has 1 N–H and O–H groups in total. The van der Waals surface area contributed by atoms with Gasteiger partial charge in [0.05, 0.1) is 40.0 Å². The molecule has 1 amide bonds. The fraction of sp³-hybridized carbons (Fsp3) is 0.259. The van der Waals surface area contributed by atoms with E-state index in [4.69, 9.17) is 18.9 Å². The van der Waals surface area contributed by atoms with Crippen LogP contribution in [0.15, 0.2) is 66.7 Å². The highest BCUT2D eigenvalue weighted by atomic mass is 16.5. The quantitative estimate of drug-likeness (QED) is 0.446. The molecule has 1 atom stereocenters. The number of aliphatic hydroxyl groups is 1.